The molecule has 0 aromatic heterocycles. The number of phenols is 1. The Hall–Kier alpha value is -1.83. The third-order valence-electron chi connectivity index (χ3n) is 1.94. The summed E-state index contributed by atoms with van der Waals surface area (Å²) in [6, 6.07) is 11.2. The predicted octanol–water partition coefficient (Wildman–Crippen LogP) is 2.16. The van der Waals surface area contributed by atoms with Crippen LogP contribution in [0.15, 0.2) is 30.3 Å². The van der Waals surface area contributed by atoms with E-state index in [9.17, 15) is 9.90 Å². The highest BCUT2D eigenvalue weighted by Crippen LogP contribution is 2.21. The minimum absolute atomic E-state index is 0.204. The molecule has 0 saturated heterocycles. The van der Waals surface area contributed by atoms with Crippen molar-refractivity contribution >= 4 is 17.1 Å². The summed E-state index contributed by atoms with van der Waals surface area (Å²) in [5, 5.41) is 10.9. The van der Waals surface area contributed by atoms with Crippen LogP contribution in [-0.4, -0.2) is 11.4 Å². The largest absolute Gasteiger partial charge is 0.508 e. The van der Waals surface area contributed by atoms with Gasteiger partial charge in [0.2, 0.25) is 0 Å². The number of hydrogen-bond donors (Lipinski definition) is 1. The van der Waals surface area contributed by atoms with E-state index < -0.39 is 0 Å². The average Bonchev–Trinajstić information content (AvgIpc) is 2.16. The van der Waals surface area contributed by atoms with Gasteiger partial charge in [-0.1, -0.05) is 12.1 Å². The molecule has 0 aliphatic rings. The Morgan fingerprint density at radius 2 is 2.15 bits per heavy atom. The minimum atomic E-state index is 0.204. The van der Waals surface area contributed by atoms with Gasteiger partial charge in [-0.15, -0.1) is 0 Å². The summed E-state index contributed by atoms with van der Waals surface area (Å²) in [7, 11) is 0. The van der Waals surface area contributed by atoms with Crippen LogP contribution in [0.1, 0.15) is 10.4 Å². The maximum absolute atomic E-state index is 10.6. The van der Waals surface area contributed by atoms with Crippen molar-refractivity contribution in [3.63, 3.8) is 0 Å². The van der Waals surface area contributed by atoms with Crippen LogP contribution in [0, 0.1) is 6.07 Å². The predicted molar refractivity (Wildman–Crippen MR) is 49.8 cm³/mol. The molecular formula is C11H7O2. The van der Waals surface area contributed by atoms with Crippen molar-refractivity contribution in [2.24, 2.45) is 0 Å². The number of carbonyl (C=O) groups excluding carboxylic acids is 1. The van der Waals surface area contributed by atoms with Crippen molar-refractivity contribution in [2.75, 3.05) is 0 Å². The number of aromatic hydroxyl groups is 1. The van der Waals surface area contributed by atoms with Crippen LogP contribution in [0.5, 0.6) is 5.75 Å². The molecule has 1 radical (unpaired) electrons. The first kappa shape index (κ1) is 7.80. The zero-order chi connectivity index (χ0) is 9.26. The van der Waals surface area contributed by atoms with Crippen LogP contribution < -0.4 is 0 Å². The monoisotopic (exact) mass is 171 g/mol. The van der Waals surface area contributed by atoms with E-state index in [4.69, 9.17) is 0 Å². The number of hydrogen-bond acceptors (Lipinski definition) is 2. The molecule has 0 bridgehead atoms. The van der Waals surface area contributed by atoms with Crippen LogP contribution in [0.25, 0.3) is 10.8 Å². The van der Waals surface area contributed by atoms with Gasteiger partial charge in [0.15, 0.2) is 6.29 Å². The fraction of sp³-hybridized carbons (Fsp3) is 0. The van der Waals surface area contributed by atoms with Crippen molar-refractivity contribution in [1.29, 1.82) is 0 Å². The van der Waals surface area contributed by atoms with Gasteiger partial charge in [0.05, 0.1) is 0 Å². The summed E-state index contributed by atoms with van der Waals surface area (Å²) in [6.07, 6.45) is 0.763. The van der Waals surface area contributed by atoms with Crippen molar-refractivity contribution in [1.82, 2.24) is 0 Å². The number of fused-ring (bicyclic) bond motifs is 1. The number of aldehydes is 1. The Balaban J connectivity index is 2.84. The van der Waals surface area contributed by atoms with E-state index in [1.807, 2.05) is 6.07 Å². The lowest BCUT2D eigenvalue weighted by Gasteiger charge is -1.99. The van der Waals surface area contributed by atoms with E-state index in [0.29, 0.717) is 5.56 Å². The highest BCUT2D eigenvalue weighted by Gasteiger charge is 1.99. The van der Waals surface area contributed by atoms with Crippen LogP contribution in [0.3, 0.4) is 0 Å². The molecule has 0 spiro atoms. The number of benzene rings is 2. The van der Waals surface area contributed by atoms with E-state index in [1.165, 1.54) is 0 Å². The van der Waals surface area contributed by atoms with E-state index in [0.717, 1.165) is 17.1 Å². The van der Waals surface area contributed by atoms with Crippen molar-refractivity contribution in [3.05, 3.63) is 42.0 Å². The zero-order valence-corrected chi connectivity index (χ0v) is 6.82. The van der Waals surface area contributed by atoms with Crippen LogP contribution in [0.4, 0.5) is 0 Å². The van der Waals surface area contributed by atoms with E-state index in [-0.39, 0.29) is 5.75 Å². The quantitative estimate of drug-likeness (QED) is 0.667. The van der Waals surface area contributed by atoms with Crippen LogP contribution in [0.2, 0.25) is 0 Å². The Morgan fingerprint density at radius 1 is 1.31 bits per heavy atom. The summed E-state index contributed by atoms with van der Waals surface area (Å²) < 4.78 is 0. The molecular weight excluding hydrogens is 164 g/mol. The lowest BCUT2D eigenvalue weighted by molar-refractivity contribution is 0.112. The molecule has 0 aliphatic heterocycles. The van der Waals surface area contributed by atoms with Crippen LogP contribution >= 0.6 is 0 Å². The molecule has 2 aromatic carbocycles. The van der Waals surface area contributed by atoms with Gasteiger partial charge in [-0.2, -0.15) is 0 Å². The standard InChI is InChI=1S/C11H7O2/c12-7-9-3-1-2-8-6-10(13)4-5-11(8)9/h1-2,4-7,13H. The first-order valence-corrected chi connectivity index (χ1v) is 3.90. The first-order valence-electron chi connectivity index (χ1n) is 3.90. The first-order chi connectivity index (χ1) is 6.31. The van der Waals surface area contributed by atoms with Crippen molar-refractivity contribution < 1.29 is 9.90 Å². The normalized spacial score (nSPS) is 10.2. The molecule has 2 nitrogen and oxygen atoms in total. The zero-order valence-electron chi connectivity index (χ0n) is 6.82. The summed E-state index contributed by atoms with van der Waals surface area (Å²) >= 11 is 0. The van der Waals surface area contributed by atoms with E-state index in [2.05, 4.69) is 6.07 Å². The smallest absolute Gasteiger partial charge is 0.151 e. The molecule has 63 valence electrons. The van der Waals surface area contributed by atoms with Gasteiger partial charge in [0.25, 0.3) is 0 Å². The molecule has 2 rings (SSSR count). The maximum atomic E-state index is 10.6. The molecule has 1 N–H and O–H groups in total. The van der Waals surface area contributed by atoms with Crippen molar-refractivity contribution in [3.8, 4) is 5.75 Å². The van der Waals surface area contributed by atoms with Gasteiger partial charge in [-0.3, -0.25) is 4.79 Å². The van der Waals surface area contributed by atoms with E-state index in [1.54, 1.807) is 24.3 Å². The fourth-order valence-electron chi connectivity index (χ4n) is 1.33. The van der Waals surface area contributed by atoms with Gasteiger partial charge in [-0.05, 0) is 35.0 Å². The SMILES string of the molecule is O=Cc1[c]ccc2cc(O)ccc12. The molecule has 2 heteroatoms. The van der Waals surface area contributed by atoms with Crippen molar-refractivity contribution in [2.45, 2.75) is 0 Å². The summed E-state index contributed by atoms with van der Waals surface area (Å²) in [5.74, 6) is 0.204. The molecule has 0 fully saturated rings. The lowest BCUT2D eigenvalue weighted by atomic mass is 10.1. The Bertz CT molecular complexity index is 461. The van der Waals surface area contributed by atoms with Gasteiger partial charge >= 0.3 is 0 Å². The molecule has 13 heavy (non-hydrogen) atoms. The Morgan fingerprint density at radius 3 is 2.92 bits per heavy atom. The maximum Gasteiger partial charge on any atom is 0.151 e. The van der Waals surface area contributed by atoms with Gasteiger partial charge < -0.3 is 5.11 Å². The minimum Gasteiger partial charge on any atom is -0.508 e. The number of rotatable bonds is 1. The topological polar surface area (TPSA) is 37.3 Å². The Labute approximate surface area is 75.4 Å². The summed E-state index contributed by atoms with van der Waals surface area (Å²) in [6.45, 7) is 0. The fourth-order valence-corrected chi connectivity index (χ4v) is 1.33. The second kappa shape index (κ2) is 2.90. The highest BCUT2D eigenvalue weighted by molar-refractivity contribution is 5.98. The third kappa shape index (κ3) is 1.26. The second-order valence-corrected chi connectivity index (χ2v) is 2.78. The molecule has 0 heterocycles. The number of phenolic OH excluding ortho intramolecular Hbond substituents is 1. The third-order valence-corrected chi connectivity index (χ3v) is 1.94. The van der Waals surface area contributed by atoms with Crippen LogP contribution in [-0.2, 0) is 0 Å². The van der Waals surface area contributed by atoms with E-state index >= 15 is 0 Å². The summed E-state index contributed by atoms with van der Waals surface area (Å²) in [5.41, 5.74) is 0.525. The summed E-state index contributed by atoms with van der Waals surface area (Å²) in [4.78, 5) is 10.6. The Kier molecular flexibility index (Phi) is 1.74. The lowest BCUT2D eigenvalue weighted by Crippen LogP contribution is -1.82. The molecule has 0 aliphatic carbocycles. The van der Waals surface area contributed by atoms with Gasteiger partial charge in [0.1, 0.15) is 5.75 Å². The number of carbonyl (C=O) groups is 1. The molecule has 0 saturated carbocycles. The van der Waals surface area contributed by atoms with Gasteiger partial charge in [-0.25, -0.2) is 0 Å². The molecule has 2 aromatic rings. The molecule has 0 atom stereocenters. The van der Waals surface area contributed by atoms with Gasteiger partial charge in [0, 0.05) is 5.56 Å². The average molecular weight is 171 g/mol. The molecule has 0 amide bonds. The second-order valence-electron chi connectivity index (χ2n) is 2.78. The highest BCUT2D eigenvalue weighted by atomic mass is 16.3. The molecule has 0 unspecified atom stereocenters.